The molecule has 0 aliphatic rings. The molecule has 1 amide bonds. The molecular formula is C12H11Cl2N3O2. The second kappa shape index (κ2) is 5.19. The molecular weight excluding hydrogens is 289 g/mol. The highest BCUT2D eigenvalue weighted by Gasteiger charge is 2.11. The second-order valence-corrected chi connectivity index (χ2v) is 5.09. The average molecular weight is 300 g/mol. The van der Waals surface area contributed by atoms with Crippen molar-refractivity contribution < 1.29 is 4.79 Å². The van der Waals surface area contributed by atoms with E-state index in [4.69, 9.17) is 23.2 Å². The van der Waals surface area contributed by atoms with E-state index in [9.17, 15) is 9.59 Å². The number of carbonyl (C=O) groups excluding carboxylic acids is 1. The molecule has 1 aromatic heterocycles. The van der Waals surface area contributed by atoms with E-state index in [0.717, 1.165) is 0 Å². The molecule has 1 aromatic carbocycles. The van der Waals surface area contributed by atoms with E-state index >= 15 is 0 Å². The molecule has 0 bridgehead atoms. The normalized spacial score (nSPS) is 10.7. The van der Waals surface area contributed by atoms with E-state index in [1.54, 1.807) is 14.1 Å². The van der Waals surface area contributed by atoms with Crippen LogP contribution in [0.5, 0.6) is 0 Å². The third-order valence-corrected chi connectivity index (χ3v) is 3.16. The smallest absolute Gasteiger partial charge is 0.261 e. The van der Waals surface area contributed by atoms with Crippen LogP contribution in [0.2, 0.25) is 10.0 Å². The Kier molecular flexibility index (Phi) is 3.78. The predicted octanol–water partition coefficient (Wildman–Crippen LogP) is 1.79. The summed E-state index contributed by atoms with van der Waals surface area (Å²) in [5, 5.41) is 0.963. The average Bonchev–Trinajstić information content (AvgIpc) is 2.33. The lowest BCUT2D eigenvalue weighted by Crippen LogP contribution is -2.31. The number of hydrogen-bond acceptors (Lipinski definition) is 3. The number of likely N-dealkylation sites (N-methyl/N-ethyl adjacent to an activating group) is 1. The molecule has 100 valence electrons. The van der Waals surface area contributed by atoms with E-state index in [-0.39, 0.29) is 18.0 Å². The molecule has 0 unspecified atom stereocenters. The molecule has 0 saturated heterocycles. The maximum Gasteiger partial charge on any atom is 0.261 e. The highest BCUT2D eigenvalue weighted by Crippen LogP contribution is 2.23. The molecule has 2 aromatic rings. The van der Waals surface area contributed by atoms with Gasteiger partial charge in [0.2, 0.25) is 5.91 Å². The Balaban J connectivity index is 2.58. The van der Waals surface area contributed by atoms with E-state index in [1.807, 2.05) is 0 Å². The molecule has 0 atom stereocenters. The molecule has 19 heavy (non-hydrogen) atoms. The SMILES string of the molecule is CN(C)C(=O)Cn1cnc2c(Cl)cc(Cl)cc2c1=O. The number of nitrogens with zero attached hydrogens (tertiary/aromatic N) is 3. The second-order valence-electron chi connectivity index (χ2n) is 4.25. The molecule has 1 heterocycles. The minimum atomic E-state index is -0.343. The van der Waals surface area contributed by atoms with Gasteiger partial charge in [-0.3, -0.25) is 14.2 Å². The highest BCUT2D eigenvalue weighted by molar-refractivity contribution is 6.38. The summed E-state index contributed by atoms with van der Waals surface area (Å²) >= 11 is 11.8. The monoisotopic (exact) mass is 299 g/mol. The van der Waals surface area contributed by atoms with Crippen molar-refractivity contribution in [1.29, 1.82) is 0 Å². The standard InChI is InChI=1S/C12H11Cl2N3O2/c1-16(2)10(18)5-17-6-15-11-8(12(17)19)3-7(13)4-9(11)14/h3-4,6H,5H2,1-2H3. The molecule has 0 radical (unpaired) electrons. The summed E-state index contributed by atoms with van der Waals surface area (Å²) in [5.41, 5.74) is 0.0363. The first kappa shape index (κ1) is 13.8. The molecule has 0 N–H and O–H groups in total. The van der Waals surface area contributed by atoms with Crippen LogP contribution >= 0.6 is 23.2 Å². The van der Waals surface area contributed by atoms with Gasteiger partial charge in [0.1, 0.15) is 6.54 Å². The Morgan fingerprint density at radius 3 is 2.68 bits per heavy atom. The number of rotatable bonds is 2. The molecule has 0 aliphatic carbocycles. The Morgan fingerprint density at radius 2 is 2.05 bits per heavy atom. The van der Waals surface area contributed by atoms with E-state index in [2.05, 4.69) is 4.98 Å². The molecule has 0 spiro atoms. The Morgan fingerprint density at radius 1 is 1.37 bits per heavy atom. The fourth-order valence-corrected chi connectivity index (χ4v) is 2.14. The molecule has 0 aliphatic heterocycles. The Bertz CT molecular complexity index is 710. The first-order chi connectivity index (χ1) is 8.90. The first-order valence-electron chi connectivity index (χ1n) is 5.44. The Hall–Kier alpha value is -1.59. The van der Waals surface area contributed by atoms with Crippen molar-refractivity contribution in [3.8, 4) is 0 Å². The zero-order valence-corrected chi connectivity index (χ0v) is 11.9. The highest BCUT2D eigenvalue weighted by atomic mass is 35.5. The van der Waals surface area contributed by atoms with Crippen LogP contribution in [0.3, 0.4) is 0 Å². The largest absolute Gasteiger partial charge is 0.347 e. The summed E-state index contributed by atoms with van der Waals surface area (Å²) in [4.78, 5) is 29.3. The summed E-state index contributed by atoms with van der Waals surface area (Å²) in [6.45, 7) is -0.0705. The van der Waals surface area contributed by atoms with Gasteiger partial charge in [-0.15, -0.1) is 0 Å². The van der Waals surface area contributed by atoms with Gasteiger partial charge in [0, 0.05) is 19.1 Å². The van der Waals surface area contributed by atoms with Gasteiger partial charge in [0.05, 0.1) is 22.3 Å². The predicted molar refractivity (Wildman–Crippen MR) is 74.7 cm³/mol. The fourth-order valence-electron chi connectivity index (χ4n) is 1.59. The summed E-state index contributed by atoms with van der Waals surface area (Å²) < 4.78 is 1.23. The van der Waals surface area contributed by atoms with Gasteiger partial charge >= 0.3 is 0 Å². The first-order valence-corrected chi connectivity index (χ1v) is 6.20. The van der Waals surface area contributed by atoms with Crippen molar-refractivity contribution in [3.63, 3.8) is 0 Å². The van der Waals surface area contributed by atoms with E-state index in [0.29, 0.717) is 20.9 Å². The summed E-state index contributed by atoms with van der Waals surface area (Å²) in [6, 6.07) is 3.02. The lowest BCUT2D eigenvalue weighted by atomic mass is 10.2. The summed E-state index contributed by atoms with van der Waals surface area (Å²) in [5.74, 6) is -0.198. The number of benzene rings is 1. The van der Waals surface area contributed by atoms with Gasteiger partial charge in [0.25, 0.3) is 5.56 Å². The van der Waals surface area contributed by atoms with Crippen LogP contribution in [0.25, 0.3) is 10.9 Å². The van der Waals surface area contributed by atoms with Crippen molar-refractivity contribution in [2.45, 2.75) is 6.54 Å². The quantitative estimate of drug-likeness (QED) is 0.849. The van der Waals surface area contributed by atoms with Crippen LogP contribution < -0.4 is 5.56 Å². The number of halogens is 2. The van der Waals surface area contributed by atoms with Crippen molar-refractivity contribution in [2.24, 2.45) is 0 Å². The lowest BCUT2D eigenvalue weighted by molar-refractivity contribution is -0.129. The van der Waals surface area contributed by atoms with E-state index in [1.165, 1.54) is 27.9 Å². The number of amides is 1. The number of aromatic nitrogens is 2. The van der Waals surface area contributed by atoms with Crippen LogP contribution in [-0.4, -0.2) is 34.5 Å². The molecule has 2 rings (SSSR count). The van der Waals surface area contributed by atoms with Gasteiger partial charge in [-0.2, -0.15) is 0 Å². The van der Waals surface area contributed by atoms with Crippen molar-refractivity contribution >= 4 is 40.0 Å². The topological polar surface area (TPSA) is 55.2 Å². The van der Waals surface area contributed by atoms with Gasteiger partial charge < -0.3 is 4.90 Å². The van der Waals surface area contributed by atoms with Crippen LogP contribution in [0.15, 0.2) is 23.3 Å². The Labute approximate surface area is 119 Å². The van der Waals surface area contributed by atoms with Gasteiger partial charge in [-0.1, -0.05) is 23.2 Å². The lowest BCUT2D eigenvalue weighted by Gasteiger charge is -2.12. The maximum absolute atomic E-state index is 12.2. The summed E-state index contributed by atoms with van der Waals surface area (Å²) in [7, 11) is 3.24. The minimum Gasteiger partial charge on any atom is -0.347 e. The van der Waals surface area contributed by atoms with Gasteiger partial charge in [-0.25, -0.2) is 4.98 Å². The molecule has 5 nitrogen and oxygen atoms in total. The van der Waals surface area contributed by atoms with Crippen LogP contribution in [0, 0.1) is 0 Å². The van der Waals surface area contributed by atoms with Crippen LogP contribution in [0.1, 0.15) is 0 Å². The minimum absolute atomic E-state index is 0.0705. The third-order valence-electron chi connectivity index (χ3n) is 2.65. The van der Waals surface area contributed by atoms with E-state index < -0.39 is 0 Å². The molecule has 7 heteroatoms. The zero-order chi connectivity index (χ0) is 14.2. The zero-order valence-electron chi connectivity index (χ0n) is 10.4. The maximum atomic E-state index is 12.2. The van der Waals surface area contributed by atoms with Crippen molar-refractivity contribution in [1.82, 2.24) is 14.5 Å². The van der Waals surface area contributed by atoms with Gasteiger partial charge in [-0.05, 0) is 12.1 Å². The molecule has 0 fully saturated rings. The fraction of sp³-hybridized carbons (Fsp3) is 0.250. The number of fused-ring (bicyclic) bond motifs is 1. The third kappa shape index (κ3) is 2.72. The summed E-state index contributed by atoms with van der Waals surface area (Å²) in [6.07, 6.45) is 1.31. The molecule has 0 saturated carbocycles. The number of carbonyl (C=O) groups is 1. The van der Waals surface area contributed by atoms with Crippen LogP contribution in [0.4, 0.5) is 0 Å². The van der Waals surface area contributed by atoms with Crippen LogP contribution in [-0.2, 0) is 11.3 Å². The number of hydrogen-bond donors (Lipinski definition) is 0. The van der Waals surface area contributed by atoms with Crippen molar-refractivity contribution in [2.75, 3.05) is 14.1 Å². The van der Waals surface area contributed by atoms with Crippen molar-refractivity contribution in [3.05, 3.63) is 38.9 Å². The van der Waals surface area contributed by atoms with Gasteiger partial charge in [0.15, 0.2) is 0 Å².